The van der Waals surface area contributed by atoms with Gasteiger partial charge in [0.05, 0.1) is 10.4 Å². The summed E-state index contributed by atoms with van der Waals surface area (Å²) in [6.07, 6.45) is 2.66. The maximum Gasteiger partial charge on any atom is 0.0931 e. The van der Waals surface area contributed by atoms with Crippen LogP contribution in [0.1, 0.15) is 51.5 Å². The van der Waals surface area contributed by atoms with Crippen LogP contribution in [0.4, 0.5) is 0 Å². The third kappa shape index (κ3) is 2.99. The maximum absolute atomic E-state index is 6.01. The van der Waals surface area contributed by atoms with Crippen molar-refractivity contribution in [3.63, 3.8) is 0 Å². The van der Waals surface area contributed by atoms with E-state index in [2.05, 4.69) is 39.1 Å². The molecule has 1 aliphatic carbocycles. The van der Waals surface area contributed by atoms with Gasteiger partial charge < -0.3 is 10.1 Å². The van der Waals surface area contributed by atoms with Crippen LogP contribution in [0.5, 0.6) is 0 Å². The lowest BCUT2D eigenvalue weighted by atomic mass is 9.61. The quantitative estimate of drug-likeness (QED) is 0.826. The molecule has 4 atom stereocenters. The zero-order valence-corrected chi connectivity index (χ0v) is 13.8. The van der Waals surface area contributed by atoms with E-state index in [1.165, 1.54) is 4.88 Å². The van der Waals surface area contributed by atoms with E-state index in [0.717, 1.165) is 23.8 Å². The van der Waals surface area contributed by atoms with Crippen LogP contribution in [0.2, 0.25) is 4.34 Å². The van der Waals surface area contributed by atoms with Gasteiger partial charge in [-0.05, 0) is 38.8 Å². The largest absolute Gasteiger partial charge is 0.378 e. The summed E-state index contributed by atoms with van der Waals surface area (Å²) < 4.78 is 6.71. The van der Waals surface area contributed by atoms with E-state index in [9.17, 15) is 0 Å². The normalized spacial score (nSPS) is 32.1. The van der Waals surface area contributed by atoms with E-state index in [4.69, 9.17) is 16.3 Å². The second-order valence-electron chi connectivity index (χ2n) is 5.62. The molecule has 1 heterocycles. The highest BCUT2D eigenvalue weighted by Gasteiger charge is 2.51. The Kier molecular flexibility index (Phi) is 4.93. The van der Waals surface area contributed by atoms with Crippen molar-refractivity contribution in [1.82, 2.24) is 5.32 Å². The van der Waals surface area contributed by atoms with Crippen molar-refractivity contribution >= 4 is 22.9 Å². The molecule has 0 aromatic carbocycles. The van der Waals surface area contributed by atoms with Crippen LogP contribution < -0.4 is 5.32 Å². The molecule has 0 bridgehead atoms. The fourth-order valence-corrected chi connectivity index (χ4v) is 4.03. The molecular weight excluding hydrogens is 278 g/mol. The van der Waals surface area contributed by atoms with Crippen molar-refractivity contribution in [2.45, 2.75) is 58.7 Å². The summed E-state index contributed by atoms with van der Waals surface area (Å²) in [6, 6.07) is 4.98. The average Bonchev–Trinajstić information content (AvgIpc) is 2.83. The number of ether oxygens (including phenoxy) is 1. The summed E-state index contributed by atoms with van der Waals surface area (Å²) in [5.74, 6) is 0. The molecule has 1 N–H and O–H groups in total. The van der Waals surface area contributed by atoms with Crippen LogP contribution in [-0.2, 0) is 4.74 Å². The first-order chi connectivity index (χ1) is 9.01. The van der Waals surface area contributed by atoms with Gasteiger partial charge in [-0.15, -0.1) is 11.3 Å². The number of rotatable bonds is 6. The highest BCUT2D eigenvalue weighted by atomic mass is 35.5. The third-order valence-corrected chi connectivity index (χ3v) is 6.00. The number of hydrogen-bond donors (Lipinski definition) is 1. The Morgan fingerprint density at radius 3 is 2.79 bits per heavy atom. The molecule has 0 amide bonds. The molecule has 0 spiro atoms. The Morgan fingerprint density at radius 2 is 2.26 bits per heavy atom. The first-order valence-corrected chi connectivity index (χ1v) is 8.33. The molecule has 19 heavy (non-hydrogen) atoms. The Morgan fingerprint density at radius 1 is 1.53 bits per heavy atom. The van der Waals surface area contributed by atoms with Crippen molar-refractivity contribution in [3.8, 4) is 0 Å². The standard InChI is InChI=1S/C15H24ClNOS/c1-5-15(4)12(9-13(15)18-6-2)17-10(3)11-7-8-14(16)19-11/h7-8,10,12-13,17H,5-6,9H2,1-4H3. The molecule has 0 radical (unpaired) electrons. The van der Waals surface area contributed by atoms with Gasteiger partial charge in [-0.25, -0.2) is 0 Å². The molecule has 1 saturated carbocycles. The fourth-order valence-electron chi connectivity index (χ4n) is 2.95. The van der Waals surface area contributed by atoms with Crippen LogP contribution >= 0.6 is 22.9 Å². The van der Waals surface area contributed by atoms with Gasteiger partial charge in [0.1, 0.15) is 0 Å². The average molecular weight is 302 g/mol. The third-order valence-electron chi connectivity index (χ3n) is 4.58. The first kappa shape index (κ1) is 15.3. The van der Waals surface area contributed by atoms with Gasteiger partial charge in [0.25, 0.3) is 0 Å². The van der Waals surface area contributed by atoms with Crippen molar-refractivity contribution in [3.05, 3.63) is 21.3 Å². The molecule has 1 fully saturated rings. The molecule has 4 unspecified atom stereocenters. The van der Waals surface area contributed by atoms with Crippen molar-refractivity contribution < 1.29 is 4.74 Å². The minimum absolute atomic E-state index is 0.255. The van der Waals surface area contributed by atoms with E-state index in [1.54, 1.807) is 11.3 Å². The highest BCUT2D eigenvalue weighted by molar-refractivity contribution is 7.16. The van der Waals surface area contributed by atoms with E-state index < -0.39 is 0 Å². The van der Waals surface area contributed by atoms with Crippen LogP contribution in [0.15, 0.2) is 12.1 Å². The molecule has 1 aliphatic rings. The Labute approximate surface area is 125 Å². The van der Waals surface area contributed by atoms with Crippen LogP contribution in [-0.4, -0.2) is 18.8 Å². The molecule has 2 rings (SSSR count). The lowest BCUT2D eigenvalue weighted by molar-refractivity contribution is -0.127. The van der Waals surface area contributed by atoms with Gasteiger partial charge in [0.2, 0.25) is 0 Å². The van der Waals surface area contributed by atoms with Gasteiger partial charge in [0, 0.05) is 29.0 Å². The van der Waals surface area contributed by atoms with E-state index in [1.807, 2.05) is 6.07 Å². The molecule has 1 aromatic rings. The first-order valence-electron chi connectivity index (χ1n) is 7.14. The zero-order chi connectivity index (χ0) is 14.0. The van der Waals surface area contributed by atoms with Crippen molar-refractivity contribution in [2.24, 2.45) is 5.41 Å². The number of halogens is 1. The lowest BCUT2D eigenvalue weighted by Crippen LogP contribution is -2.62. The topological polar surface area (TPSA) is 21.3 Å². The molecule has 0 aliphatic heterocycles. The lowest BCUT2D eigenvalue weighted by Gasteiger charge is -2.54. The molecule has 1 aromatic heterocycles. The van der Waals surface area contributed by atoms with Crippen LogP contribution in [0.3, 0.4) is 0 Å². The summed E-state index contributed by atoms with van der Waals surface area (Å²) in [5, 5.41) is 3.75. The molecule has 2 nitrogen and oxygen atoms in total. The van der Waals surface area contributed by atoms with E-state index in [-0.39, 0.29) is 5.41 Å². The SMILES string of the molecule is CCOC1CC(NC(C)c2ccc(Cl)s2)C1(C)CC. The van der Waals surface area contributed by atoms with Crippen LogP contribution in [0.25, 0.3) is 0 Å². The maximum atomic E-state index is 6.01. The Balaban J connectivity index is 1.96. The van der Waals surface area contributed by atoms with Gasteiger partial charge >= 0.3 is 0 Å². The van der Waals surface area contributed by atoms with E-state index >= 15 is 0 Å². The molecule has 4 heteroatoms. The highest BCUT2D eigenvalue weighted by Crippen LogP contribution is 2.46. The molecule has 108 valence electrons. The van der Waals surface area contributed by atoms with Crippen LogP contribution in [0, 0.1) is 5.41 Å². The Bertz CT molecular complexity index is 422. The van der Waals surface area contributed by atoms with Gasteiger partial charge in [0.15, 0.2) is 0 Å². The molecule has 0 saturated heterocycles. The van der Waals surface area contributed by atoms with E-state index in [0.29, 0.717) is 18.2 Å². The predicted octanol–water partition coefficient (Wildman–Crippen LogP) is 4.65. The monoisotopic (exact) mass is 301 g/mol. The Hall–Kier alpha value is -0.0900. The number of hydrogen-bond acceptors (Lipinski definition) is 3. The predicted molar refractivity (Wildman–Crippen MR) is 83.1 cm³/mol. The molecular formula is C15H24ClNOS. The fraction of sp³-hybridized carbons (Fsp3) is 0.733. The summed E-state index contributed by atoms with van der Waals surface area (Å²) in [7, 11) is 0. The number of thiophene rings is 1. The van der Waals surface area contributed by atoms with Crippen molar-refractivity contribution in [1.29, 1.82) is 0 Å². The van der Waals surface area contributed by atoms with Gasteiger partial charge in [-0.3, -0.25) is 0 Å². The van der Waals surface area contributed by atoms with Crippen molar-refractivity contribution in [2.75, 3.05) is 6.61 Å². The second-order valence-corrected chi connectivity index (χ2v) is 7.37. The summed E-state index contributed by atoms with van der Waals surface area (Å²) >= 11 is 7.67. The van der Waals surface area contributed by atoms with Gasteiger partial charge in [-0.2, -0.15) is 0 Å². The summed E-state index contributed by atoms with van der Waals surface area (Å²) in [6.45, 7) is 9.69. The van der Waals surface area contributed by atoms with Gasteiger partial charge in [-0.1, -0.05) is 25.4 Å². The zero-order valence-electron chi connectivity index (χ0n) is 12.2. The minimum Gasteiger partial charge on any atom is -0.378 e. The second kappa shape index (κ2) is 6.13. The number of nitrogens with one attached hydrogen (secondary N) is 1. The summed E-state index contributed by atoms with van der Waals surface area (Å²) in [5.41, 5.74) is 0.255. The summed E-state index contributed by atoms with van der Waals surface area (Å²) in [4.78, 5) is 1.31. The smallest absolute Gasteiger partial charge is 0.0931 e. The minimum atomic E-state index is 0.255.